The van der Waals surface area contributed by atoms with Crippen molar-refractivity contribution in [1.29, 1.82) is 0 Å². The Morgan fingerprint density at radius 3 is 2.69 bits per heavy atom. The van der Waals surface area contributed by atoms with Crippen molar-refractivity contribution in [3.05, 3.63) is 18.0 Å². The Morgan fingerprint density at radius 1 is 1.46 bits per heavy atom. The highest BCUT2D eigenvalue weighted by Crippen LogP contribution is 2.30. The fourth-order valence-corrected chi connectivity index (χ4v) is 2.02. The summed E-state index contributed by atoms with van der Waals surface area (Å²) in [7, 11) is 1.96. The Kier molecular flexibility index (Phi) is 2.17. The van der Waals surface area contributed by atoms with Gasteiger partial charge in [-0.3, -0.25) is 9.48 Å². The third-order valence-electron chi connectivity index (χ3n) is 2.82. The smallest absolute Gasteiger partial charge is 0.132 e. The lowest BCUT2D eigenvalue weighted by atomic mass is 9.86. The van der Waals surface area contributed by atoms with Crippen LogP contribution in [0.4, 0.5) is 0 Å². The molecule has 1 fully saturated rings. The normalized spacial score (nSPS) is 19.3. The number of aryl methyl sites for hydroxylation is 1. The van der Waals surface area contributed by atoms with Crippen molar-refractivity contribution in [2.45, 2.75) is 31.6 Å². The SMILES string of the molecule is Cn1nccc1C1CCC(=O)CC1. The van der Waals surface area contributed by atoms with Gasteiger partial charge < -0.3 is 0 Å². The highest BCUT2D eigenvalue weighted by molar-refractivity contribution is 5.79. The van der Waals surface area contributed by atoms with E-state index in [-0.39, 0.29) is 0 Å². The Hall–Kier alpha value is -1.12. The first kappa shape index (κ1) is 8.48. The van der Waals surface area contributed by atoms with Crippen LogP contribution < -0.4 is 0 Å². The molecule has 0 unspecified atom stereocenters. The molecule has 2 rings (SSSR count). The van der Waals surface area contributed by atoms with Crippen LogP contribution in [0.5, 0.6) is 0 Å². The largest absolute Gasteiger partial charge is 0.300 e. The highest BCUT2D eigenvalue weighted by atomic mass is 16.1. The van der Waals surface area contributed by atoms with Gasteiger partial charge in [0.25, 0.3) is 0 Å². The first-order valence-corrected chi connectivity index (χ1v) is 4.77. The molecule has 1 saturated carbocycles. The quantitative estimate of drug-likeness (QED) is 0.655. The zero-order chi connectivity index (χ0) is 9.26. The minimum absolute atomic E-state index is 0.415. The van der Waals surface area contributed by atoms with Crippen LogP contribution in [0, 0.1) is 0 Å². The molecule has 0 spiro atoms. The number of rotatable bonds is 1. The van der Waals surface area contributed by atoms with Crippen molar-refractivity contribution >= 4 is 5.78 Å². The molecule has 0 amide bonds. The minimum atomic E-state index is 0.415. The summed E-state index contributed by atoms with van der Waals surface area (Å²) in [6, 6.07) is 2.06. The van der Waals surface area contributed by atoms with Gasteiger partial charge in [-0.1, -0.05) is 0 Å². The first-order chi connectivity index (χ1) is 6.27. The van der Waals surface area contributed by atoms with Crippen LogP contribution >= 0.6 is 0 Å². The molecule has 0 saturated heterocycles. The highest BCUT2D eigenvalue weighted by Gasteiger charge is 2.21. The summed E-state index contributed by atoms with van der Waals surface area (Å²) in [5.74, 6) is 0.962. The molecule has 13 heavy (non-hydrogen) atoms. The second-order valence-electron chi connectivity index (χ2n) is 3.69. The number of carbonyl (C=O) groups excluding carboxylic acids is 1. The molecule has 1 aromatic rings. The molecule has 0 atom stereocenters. The van der Waals surface area contributed by atoms with E-state index in [1.165, 1.54) is 5.69 Å². The van der Waals surface area contributed by atoms with E-state index in [9.17, 15) is 4.79 Å². The van der Waals surface area contributed by atoms with Gasteiger partial charge in [-0.2, -0.15) is 5.10 Å². The molecule has 3 heteroatoms. The van der Waals surface area contributed by atoms with Crippen molar-refractivity contribution in [3.63, 3.8) is 0 Å². The van der Waals surface area contributed by atoms with Gasteiger partial charge in [0.05, 0.1) is 0 Å². The number of ketones is 1. The van der Waals surface area contributed by atoms with Crippen LogP contribution in [-0.2, 0) is 11.8 Å². The number of Topliss-reactive ketones (excluding diaryl/α,β-unsaturated/α-hetero) is 1. The summed E-state index contributed by atoms with van der Waals surface area (Å²) < 4.78 is 1.92. The van der Waals surface area contributed by atoms with E-state index in [1.54, 1.807) is 0 Å². The predicted octanol–water partition coefficient (Wildman–Crippen LogP) is 1.65. The van der Waals surface area contributed by atoms with Gasteiger partial charge in [-0.25, -0.2) is 0 Å². The fraction of sp³-hybridized carbons (Fsp3) is 0.600. The molecule has 1 aliphatic rings. The van der Waals surface area contributed by atoms with Crippen molar-refractivity contribution < 1.29 is 4.79 Å². The second-order valence-corrected chi connectivity index (χ2v) is 3.69. The van der Waals surface area contributed by atoms with Gasteiger partial charge in [0.2, 0.25) is 0 Å². The van der Waals surface area contributed by atoms with E-state index in [2.05, 4.69) is 11.2 Å². The third-order valence-corrected chi connectivity index (χ3v) is 2.82. The zero-order valence-electron chi connectivity index (χ0n) is 7.86. The molecule has 0 aromatic carbocycles. The Bertz CT molecular complexity index is 306. The molecule has 3 nitrogen and oxygen atoms in total. The van der Waals surface area contributed by atoms with Gasteiger partial charge in [-0.05, 0) is 18.9 Å². The Labute approximate surface area is 77.7 Å². The maximum atomic E-state index is 11.0. The molecule has 1 aliphatic carbocycles. The van der Waals surface area contributed by atoms with E-state index >= 15 is 0 Å². The molecule has 0 N–H and O–H groups in total. The summed E-state index contributed by atoms with van der Waals surface area (Å²) >= 11 is 0. The van der Waals surface area contributed by atoms with Crippen molar-refractivity contribution in [2.75, 3.05) is 0 Å². The summed E-state index contributed by atoms with van der Waals surface area (Å²) in [5.41, 5.74) is 1.27. The van der Waals surface area contributed by atoms with Crippen LogP contribution in [0.3, 0.4) is 0 Å². The molecule has 0 radical (unpaired) electrons. The predicted molar refractivity (Wildman–Crippen MR) is 49.4 cm³/mol. The monoisotopic (exact) mass is 178 g/mol. The minimum Gasteiger partial charge on any atom is -0.300 e. The Morgan fingerprint density at radius 2 is 2.15 bits per heavy atom. The number of carbonyl (C=O) groups is 1. The number of aromatic nitrogens is 2. The lowest BCUT2D eigenvalue weighted by molar-refractivity contribution is -0.120. The molecule has 0 aliphatic heterocycles. The number of hydrogen-bond donors (Lipinski definition) is 0. The van der Waals surface area contributed by atoms with Crippen molar-refractivity contribution in [3.8, 4) is 0 Å². The summed E-state index contributed by atoms with van der Waals surface area (Å²) in [6.45, 7) is 0. The third kappa shape index (κ3) is 1.64. The van der Waals surface area contributed by atoms with Crippen molar-refractivity contribution in [1.82, 2.24) is 9.78 Å². The van der Waals surface area contributed by atoms with E-state index in [1.807, 2.05) is 17.9 Å². The lowest BCUT2D eigenvalue weighted by Crippen LogP contribution is -2.14. The van der Waals surface area contributed by atoms with E-state index < -0.39 is 0 Å². The van der Waals surface area contributed by atoms with E-state index in [0.29, 0.717) is 11.7 Å². The topological polar surface area (TPSA) is 34.9 Å². The average molecular weight is 178 g/mol. The fourth-order valence-electron chi connectivity index (χ4n) is 2.02. The van der Waals surface area contributed by atoms with Crippen molar-refractivity contribution in [2.24, 2.45) is 7.05 Å². The average Bonchev–Trinajstić information content (AvgIpc) is 2.53. The maximum absolute atomic E-state index is 11.0. The van der Waals surface area contributed by atoms with E-state index in [4.69, 9.17) is 0 Å². The molecular formula is C10H14N2O. The Balaban J connectivity index is 2.10. The standard InChI is InChI=1S/C10H14N2O/c1-12-10(6-7-11-12)8-2-4-9(13)5-3-8/h6-8H,2-5H2,1H3. The van der Waals surface area contributed by atoms with Gasteiger partial charge in [0.1, 0.15) is 5.78 Å². The molecule has 70 valence electrons. The maximum Gasteiger partial charge on any atom is 0.132 e. The van der Waals surface area contributed by atoms with Crippen LogP contribution in [0.1, 0.15) is 37.3 Å². The molecule has 0 bridgehead atoms. The van der Waals surface area contributed by atoms with Gasteiger partial charge >= 0.3 is 0 Å². The molecule has 1 heterocycles. The van der Waals surface area contributed by atoms with Gasteiger partial charge in [-0.15, -0.1) is 0 Å². The van der Waals surface area contributed by atoms with Crippen LogP contribution in [0.15, 0.2) is 12.3 Å². The first-order valence-electron chi connectivity index (χ1n) is 4.77. The zero-order valence-corrected chi connectivity index (χ0v) is 7.86. The van der Waals surface area contributed by atoms with Crippen LogP contribution in [0.25, 0.3) is 0 Å². The van der Waals surface area contributed by atoms with Crippen LogP contribution in [0.2, 0.25) is 0 Å². The lowest BCUT2D eigenvalue weighted by Gasteiger charge is -2.20. The number of hydrogen-bond acceptors (Lipinski definition) is 2. The van der Waals surface area contributed by atoms with Gasteiger partial charge in [0.15, 0.2) is 0 Å². The van der Waals surface area contributed by atoms with E-state index in [0.717, 1.165) is 25.7 Å². The summed E-state index contributed by atoms with van der Waals surface area (Å²) in [5, 5.41) is 4.14. The molecule has 1 aromatic heterocycles. The van der Waals surface area contributed by atoms with Gasteiger partial charge in [0, 0.05) is 37.7 Å². The number of nitrogens with zero attached hydrogens (tertiary/aromatic N) is 2. The summed E-state index contributed by atoms with van der Waals surface area (Å²) in [6.07, 6.45) is 5.31. The molecular weight excluding hydrogens is 164 g/mol. The second kappa shape index (κ2) is 3.32. The summed E-state index contributed by atoms with van der Waals surface area (Å²) in [4.78, 5) is 11.0. The van der Waals surface area contributed by atoms with Crippen LogP contribution in [-0.4, -0.2) is 15.6 Å².